The molecule has 0 amide bonds. The van der Waals surface area contributed by atoms with Gasteiger partial charge in [0.2, 0.25) is 0 Å². The lowest BCUT2D eigenvalue weighted by Gasteiger charge is -2.20. The Labute approximate surface area is 112 Å². The fourth-order valence-corrected chi connectivity index (χ4v) is 3.36. The molecule has 18 heavy (non-hydrogen) atoms. The third kappa shape index (κ3) is 4.22. The van der Waals surface area contributed by atoms with E-state index in [1.54, 1.807) is 0 Å². The average Bonchev–Trinajstić information content (AvgIpc) is 2.90. The molecular weight excluding hydrogens is 224 g/mol. The first-order valence-corrected chi connectivity index (χ1v) is 7.77. The summed E-state index contributed by atoms with van der Waals surface area (Å²) in [7, 11) is 0. The second-order valence-corrected chi connectivity index (χ2v) is 6.54. The van der Waals surface area contributed by atoms with Crippen LogP contribution in [0, 0.1) is 11.8 Å². The van der Waals surface area contributed by atoms with Crippen LogP contribution in [0.5, 0.6) is 0 Å². The predicted octanol–water partition coefficient (Wildman–Crippen LogP) is 2.30. The number of nitrogens with one attached hydrogen (secondary N) is 1. The van der Waals surface area contributed by atoms with Crippen LogP contribution in [0.4, 0.5) is 0 Å². The van der Waals surface area contributed by atoms with Crippen LogP contribution >= 0.6 is 0 Å². The molecule has 2 aliphatic rings. The average molecular weight is 254 g/mol. The maximum Gasteiger partial charge on any atom is 0.0621 e. The van der Waals surface area contributed by atoms with Gasteiger partial charge in [0.25, 0.3) is 0 Å². The van der Waals surface area contributed by atoms with Crippen LogP contribution in [-0.4, -0.2) is 31.3 Å². The molecule has 3 N–H and O–H groups in total. The van der Waals surface area contributed by atoms with Crippen LogP contribution in [0.2, 0.25) is 0 Å². The lowest BCUT2D eigenvalue weighted by molar-refractivity contribution is 0.0923. The SMILES string of the molecule is CC(N)CCCC(C)CNCC1CC2CCC1O2. The second-order valence-electron chi connectivity index (χ2n) is 6.54. The Kier molecular flexibility index (Phi) is 5.46. The summed E-state index contributed by atoms with van der Waals surface area (Å²) < 4.78 is 5.88. The minimum atomic E-state index is 0.358. The quantitative estimate of drug-likeness (QED) is 0.699. The zero-order chi connectivity index (χ0) is 13.0. The van der Waals surface area contributed by atoms with Gasteiger partial charge in [0.05, 0.1) is 12.2 Å². The summed E-state index contributed by atoms with van der Waals surface area (Å²) in [6.07, 6.45) is 8.75. The van der Waals surface area contributed by atoms with Gasteiger partial charge in [-0.2, -0.15) is 0 Å². The summed E-state index contributed by atoms with van der Waals surface area (Å²) in [5, 5.41) is 3.64. The van der Waals surface area contributed by atoms with E-state index in [9.17, 15) is 0 Å². The Balaban J connectivity index is 1.50. The summed E-state index contributed by atoms with van der Waals surface area (Å²) in [4.78, 5) is 0. The van der Waals surface area contributed by atoms with E-state index in [0.717, 1.165) is 31.3 Å². The van der Waals surface area contributed by atoms with Crippen LogP contribution in [0.1, 0.15) is 52.4 Å². The van der Waals surface area contributed by atoms with E-state index in [4.69, 9.17) is 10.5 Å². The summed E-state index contributed by atoms with van der Waals surface area (Å²) in [5.41, 5.74) is 5.77. The molecular formula is C15H30N2O. The highest BCUT2D eigenvalue weighted by Gasteiger charge is 2.40. The van der Waals surface area contributed by atoms with Gasteiger partial charge in [0, 0.05) is 18.5 Å². The fourth-order valence-electron chi connectivity index (χ4n) is 3.36. The van der Waals surface area contributed by atoms with Gasteiger partial charge < -0.3 is 15.8 Å². The molecule has 5 atom stereocenters. The van der Waals surface area contributed by atoms with E-state index in [2.05, 4.69) is 19.2 Å². The summed E-state index contributed by atoms with van der Waals surface area (Å²) >= 11 is 0. The molecule has 0 spiro atoms. The number of nitrogens with two attached hydrogens (primary N) is 1. The van der Waals surface area contributed by atoms with Gasteiger partial charge in [-0.25, -0.2) is 0 Å². The van der Waals surface area contributed by atoms with E-state index >= 15 is 0 Å². The lowest BCUT2D eigenvalue weighted by atomic mass is 9.89. The Morgan fingerprint density at radius 1 is 1.28 bits per heavy atom. The summed E-state index contributed by atoms with van der Waals surface area (Å²) in [6, 6.07) is 0.358. The summed E-state index contributed by atoms with van der Waals surface area (Å²) in [6.45, 7) is 6.73. The molecule has 0 aromatic rings. The molecule has 2 aliphatic heterocycles. The van der Waals surface area contributed by atoms with Crippen molar-refractivity contribution >= 4 is 0 Å². The van der Waals surface area contributed by atoms with Gasteiger partial charge in [-0.3, -0.25) is 0 Å². The predicted molar refractivity (Wildman–Crippen MR) is 75.5 cm³/mol. The number of hydrogen-bond donors (Lipinski definition) is 2. The van der Waals surface area contributed by atoms with Gasteiger partial charge in [0.1, 0.15) is 0 Å². The standard InChI is InChI=1S/C15H30N2O/c1-11(4-3-5-12(2)16)9-17-10-13-8-14-6-7-15(13)18-14/h11-15,17H,3-10,16H2,1-2H3. The van der Waals surface area contributed by atoms with Crippen molar-refractivity contribution in [3.63, 3.8) is 0 Å². The molecule has 0 radical (unpaired) electrons. The van der Waals surface area contributed by atoms with Gasteiger partial charge in [-0.1, -0.05) is 13.3 Å². The van der Waals surface area contributed by atoms with Crippen molar-refractivity contribution in [2.75, 3.05) is 13.1 Å². The molecule has 2 fully saturated rings. The minimum Gasteiger partial charge on any atom is -0.375 e. The highest BCUT2D eigenvalue weighted by Crippen LogP contribution is 2.38. The smallest absolute Gasteiger partial charge is 0.0621 e. The number of ether oxygens (including phenoxy) is 1. The van der Waals surface area contributed by atoms with Crippen LogP contribution in [0.3, 0.4) is 0 Å². The van der Waals surface area contributed by atoms with Crippen molar-refractivity contribution in [2.24, 2.45) is 17.6 Å². The molecule has 0 aromatic carbocycles. The van der Waals surface area contributed by atoms with E-state index in [1.807, 2.05) is 0 Å². The van der Waals surface area contributed by atoms with Gasteiger partial charge in [-0.05, 0) is 51.5 Å². The number of rotatable bonds is 8. The van der Waals surface area contributed by atoms with Crippen molar-refractivity contribution in [1.82, 2.24) is 5.32 Å². The Morgan fingerprint density at radius 3 is 2.72 bits per heavy atom. The molecule has 3 nitrogen and oxygen atoms in total. The van der Waals surface area contributed by atoms with E-state index in [-0.39, 0.29) is 0 Å². The first-order chi connectivity index (χ1) is 8.65. The molecule has 0 aliphatic carbocycles. The highest BCUT2D eigenvalue weighted by molar-refractivity contribution is 4.90. The Bertz CT molecular complexity index is 245. The third-order valence-electron chi connectivity index (χ3n) is 4.49. The molecule has 0 aromatic heterocycles. The normalized spacial score (nSPS) is 33.8. The van der Waals surface area contributed by atoms with Crippen molar-refractivity contribution in [1.29, 1.82) is 0 Å². The zero-order valence-electron chi connectivity index (χ0n) is 12.0. The van der Waals surface area contributed by atoms with Crippen LogP contribution in [0.15, 0.2) is 0 Å². The monoisotopic (exact) mass is 254 g/mol. The van der Waals surface area contributed by atoms with Gasteiger partial charge >= 0.3 is 0 Å². The molecule has 2 saturated heterocycles. The first-order valence-electron chi connectivity index (χ1n) is 7.77. The third-order valence-corrected chi connectivity index (χ3v) is 4.49. The minimum absolute atomic E-state index is 0.358. The molecule has 2 heterocycles. The van der Waals surface area contributed by atoms with Crippen LogP contribution < -0.4 is 11.1 Å². The Morgan fingerprint density at radius 2 is 2.11 bits per heavy atom. The van der Waals surface area contributed by atoms with E-state index in [0.29, 0.717) is 18.2 Å². The maximum absolute atomic E-state index is 5.88. The Hall–Kier alpha value is -0.120. The highest BCUT2D eigenvalue weighted by atomic mass is 16.5. The van der Waals surface area contributed by atoms with Crippen molar-refractivity contribution < 1.29 is 4.74 Å². The molecule has 2 bridgehead atoms. The van der Waals surface area contributed by atoms with Gasteiger partial charge in [0.15, 0.2) is 0 Å². The van der Waals surface area contributed by atoms with E-state index < -0.39 is 0 Å². The second kappa shape index (κ2) is 6.88. The lowest BCUT2D eigenvalue weighted by Crippen LogP contribution is -2.32. The largest absolute Gasteiger partial charge is 0.375 e. The number of hydrogen-bond acceptors (Lipinski definition) is 3. The molecule has 106 valence electrons. The van der Waals surface area contributed by atoms with Crippen molar-refractivity contribution in [3.05, 3.63) is 0 Å². The van der Waals surface area contributed by atoms with Crippen molar-refractivity contribution in [3.8, 4) is 0 Å². The summed E-state index contributed by atoms with van der Waals surface area (Å²) in [5.74, 6) is 1.54. The molecule has 0 saturated carbocycles. The molecule has 3 heteroatoms. The maximum atomic E-state index is 5.88. The molecule has 5 unspecified atom stereocenters. The fraction of sp³-hybridized carbons (Fsp3) is 1.00. The van der Waals surface area contributed by atoms with Crippen molar-refractivity contribution in [2.45, 2.75) is 70.6 Å². The first kappa shape index (κ1) is 14.3. The van der Waals surface area contributed by atoms with E-state index in [1.165, 1.54) is 32.1 Å². The topological polar surface area (TPSA) is 47.3 Å². The van der Waals surface area contributed by atoms with Crippen LogP contribution in [-0.2, 0) is 4.74 Å². The van der Waals surface area contributed by atoms with Crippen LogP contribution in [0.25, 0.3) is 0 Å². The number of fused-ring (bicyclic) bond motifs is 2. The molecule has 2 rings (SSSR count). The van der Waals surface area contributed by atoms with Gasteiger partial charge in [-0.15, -0.1) is 0 Å². The zero-order valence-corrected chi connectivity index (χ0v) is 12.0.